The Labute approximate surface area is 148 Å². The van der Waals surface area contributed by atoms with Gasteiger partial charge in [-0.05, 0) is 31.2 Å². The second-order valence-corrected chi connectivity index (χ2v) is 6.89. The van der Waals surface area contributed by atoms with Crippen LogP contribution in [0.4, 0.5) is 0 Å². The lowest BCUT2D eigenvalue weighted by molar-refractivity contribution is -0.120. The summed E-state index contributed by atoms with van der Waals surface area (Å²) in [6.07, 6.45) is 1.30. The second-order valence-electron chi connectivity index (χ2n) is 4.63. The number of hydrazone groups is 1. The van der Waals surface area contributed by atoms with Gasteiger partial charge in [-0.3, -0.25) is 4.79 Å². The van der Waals surface area contributed by atoms with Crippen molar-refractivity contribution in [1.29, 1.82) is 0 Å². The number of phenols is 1. The molecule has 0 saturated carbocycles. The fourth-order valence-electron chi connectivity index (χ4n) is 1.70. The van der Waals surface area contributed by atoms with E-state index in [0.29, 0.717) is 10.6 Å². The number of nitrogens with zero attached hydrogens (tertiary/aromatic N) is 1. The molecule has 1 amide bonds. The summed E-state index contributed by atoms with van der Waals surface area (Å²) in [6.45, 7) is 1.79. The predicted octanol–water partition coefficient (Wildman–Crippen LogP) is 4.33. The quantitative estimate of drug-likeness (QED) is 0.469. The average Bonchev–Trinajstić information content (AvgIpc) is 2.52. The maximum atomic E-state index is 12.0. The van der Waals surface area contributed by atoms with Crippen LogP contribution in [-0.4, -0.2) is 22.5 Å². The molecule has 0 radical (unpaired) electrons. The Morgan fingerprint density at radius 1 is 1.30 bits per heavy atom. The van der Waals surface area contributed by atoms with Gasteiger partial charge in [-0.2, -0.15) is 5.10 Å². The van der Waals surface area contributed by atoms with Crippen molar-refractivity contribution < 1.29 is 9.90 Å². The number of phenolic OH excluding ortho intramolecular Hbond substituents is 1. The molecule has 0 unspecified atom stereocenters. The molecule has 0 bridgehead atoms. The van der Waals surface area contributed by atoms with Gasteiger partial charge in [0.2, 0.25) is 0 Å². The molecule has 0 aliphatic heterocycles. The van der Waals surface area contributed by atoms with Crippen molar-refractivity contribution in [3.63, 3.8) is 0 Å². The summed E-state index contributed by atoms with van der Waals surface area (Å²) in [4.78, 5) is 13.0. The van der Waals surface area contributed by atoms with Gasteiger partial charge in [-0.25, -0.2) is 5.43 Å². The van der Waals surface area contributed by atoms with Crippen LogP contribution in [0.25, 0.3) is 0 Å². The van der Waals surface area contributed by atoms with Crippen molar-refractivity contribution >= 4 is 47.1 Å². The van der Waals surface area contributed by atoms with E-state index in [-0.39, 0.29) is 21.9 Å². The predicted molar refractivity (Wildman–Crippen MR) is 95.6 cm³/mol. The first-order chi connectivity index (χ1) is 11.0. The van der Waals surface area contributed by atoms with Crippen LogP contribution in [0.5, 0.6) is 5.75 Å². The molecule has 0 aliphatic carbocycles. The number of benzene rings is 2. The van der Waals surface area contributed by atoms with Crippen LogP contribution in [0, 0.1) is 0 Å². The van der Waals surface area contributed by atoms with E-state index in [1.54, 1.807) is 6.92 Å². The number of rotatable bonds is 5. The zero-order chi connectivity index (χ0) is 16.8. The number of carbonyl (C=O) groups excluding carboxylic acids is 1. The molecule has 7 heteroatoms. The van der Waals surface area contributed by atoms with Crippen LogP contribution in [0.2, 0.25) is 10.0 Å². The maximum Gasteiger partial charge on any atom is 0.253 e. The molecule has 4 nitrogen and oxygen atoms in total. The minimum Gasteiger partial charge on any atom is -0.506 e. The Bertz CT molecular complexity index is 724. The molecular formula is C16H14Cl2N2O2S. The van der Waals surface area contributed by atoms with E-state index in [1.807, 2.05) is 30.3 Å². The van der Waals surface area contributed by atoms with Crippen LogP contribution < -0.4 is 5.43 Å². The Morgan fingerprint density at radius 3 is 2.70 bits per heavy atom. The molecule has 1 atom stereocenters. The largest absolute Gasteiger partial charge is 0.506 e. The first-order valence-electron chi connectivity index (χ1n) is 6.70. The van der Waals surface area contributed by atoms with E-state index in [1.165, 1.54) is 30.1 Å². The highest BCUT2D eigenvalue weighted by atomic mass is 35.5. The van der Waals surface area contributed by atoms with Gasteiger partial charge in [0.25, 0.3) is 5.91 Å². The number of carbonyl (C=O) groups is 1. The van der Waals surface area contributed by atoms with Gasteiger partial charge >= 0.3 is 0 Å². The first-order valence-corrected chi connectivity index (χ1v) is 8.33. The smallest absolute Gasteiger partial charge is 0.253 e. The minimum atomic E-state index is -0.314. The highest BCUT2D eigenvalue weighted by Gasteiger charge is 2.13. The number of hydrogen-bond donors (Lipinski definition) is 2. The van der Waals surface area contributed by atoms with Gasteiger partial charge in [0.1, 0.15) is 5.75 Å². The third kappa shape index (κ3) is 5.16. The molecule has 0 saturated heterocycles. The fourth-order valence-corrected chi connectivity index (χ4v) is 3.09. The number of halogens is 2. The van der Waals surface area contributed by atoms with Gasteiger partial charge in [0.15, 0.2) is 0 Å². The van der Waals surface area contributed by atoms with Gasteiger partial charge in [-0.1, -0.05) is 41.4 Å². The summed E-state index contributed by atoms with van der Waals surface area (Å²) in [5.41, 5.74) is 2.75. The fraction of sp³-hybridized carbons (Fsp3) is 0.125. The van der Waals surface area contributed by atoms with Crippen molar-refractivity contribution in [2.24, 2.45) is 5.10 Å². The normalized spacial score (nSPS) is 12.3. The molecule has 0 aromatic heterocycles. The lowest BCUT2D eigenvalue weighted by Gasteiger charge is -2.09. The van der Waals surface area contributed by atoms with E-state index in [9.17, 15) is 9.90 Å². The molecule has 120 valence electrons. The highest BCUT2D eigenvalue weighted by Crippen LogP contribution is 2.30. The van der Waals surface area contributed by atoms with Crippen molar-refractivity contribution in [2.75, 3.05) is 0 Å². The third-order valence-electron chi connectivity index (χ3n) is 2.86. The molecule has 0 spiro atoms. The van der Waals surface area contributed by atoms with Crippen LogP contribution in [0.1, 0.15) is 12.5 Å². The van der Waals surface area contributed by atoms with E-state index >= 15 is 0 Å². The number of aromatic hydroxyl groups is 1. The topological polar surface area (TPSA) is 61.7 Å². The summed E-state index contributed by atoms with van der Waals surface area (Å²) in [5, 5.41) is 13.8. The standard InChI is InChI=1S/C16H14Cl2N2O2S/c1-10(23-13-5-3-2-4-6-13)16(22)20-19-9-11-7-12(17)8-14(18)15(11)21/h2-10,21H,1H3,(H,20,22)/b19-9-/t10-/m0/s1. The summed E-state index contributed by atoms with van der Waals surface area (Å²) < 4.78 is 0. The Kier molecular flexibility index (Phi) is 6.33. The van der Waals surface area contributed by atoms with E-state index < -0.39 is 0 Å². The molecule has 0 fully saturated rings. The molecule has 23 heavy (non-hydrogen) atoms. The monoisotopic (exact) mass is 368 g/mol. The molecular weight excluding hydrogens is 355 g/mol. The van der Waals surface area contributed by atoms with Crippen molar-refractivity contribution in [3.8, 4) is 5.75 Å². The second kappa shape index (κ2) is 8.24. The van der Waals surface area contributed by atoms with Crippen molar-refractivity contribution in [2.45, 2.75) is 17.1 Å². The summed E-state index contributed by atoms with van der Waals surface area (Å²) >= 11 is 13.1. The summed E-state index contributed by atoms with van der Waals surface area (Å²) in [7, 11) is 0. The molecule has 2 rings (SSSR count). The lowest BCUT2D eigenvalue weighted by Crippen LogP contribution is -2.26. The van der Waals surface area contributed by atoms with Crippen molar-refractivity contribution in [3.05, 3.63) is 58.1 Å². The number of thioether (sulfide) groups is 1. The molecule has 2 N–H and O–H groups in total. The van der Waals surface area contributed by atoms with Gasteiger partial charge in [0.05, 0.1) is 16.5 Å². The van der Waals surface area contributed by atoms with Gasteiger partial charge < -0.3 is 5.11 Å². The Balaban J connectivity index is 1.96. The number of nitrogens with one attached hydrogen (secondary N) is 1. The van der Waals surface area contributed by atoms with Gasteiger partial charge in [-0.15, -0.1) is 11.8 Å². The number of hydrogen-bond acceptors (Lipinski definition) is 4. The molecule has 2 aromatic rings. The third-order valence-corrected chi connectivity index (χ3v) is 4.48. The van der Waals surface area contributed by atoms with Crippen LogP contribution in [-0.2, 0) is 4.79 Å². The highest BCUT2D eigenvalue weighted by molar-refractivity contribution is 8.00. The molecule has 0 heterocycles. The average molecular weight is 369 g/mol. The molecule has 2 aromatic carbocycles. The van der Waals surface area contributed by atoms with Crippen molar-refractivity contribution in [1.82, 2.24) is 5.43 Å². The zero-order valence-electron chi connectivity index (χ0n) is 12.2. The first kappa shape index (κ1) is 17.7. The van der Waals surface area contributed by atoms with E-state index in [2.05, 4.69) is 10.5 Å². The van der Waals surface area contributed by atoms with E-state index in [4.69, 9.17) is 23.2 Å². The minimum absolute atomic E-state index is 0.123. The molecule has 0 aliphatic rings. The Morgan fingerprint density at radius 2 is 2.00 bits per heavy atom. The van der Waals surface area contributed by atoms with Gasteiger partial charge in [0, 0.05) is 15.5 Å². The van der Waals surface area contributed by atoms with Crippen LogP contribution >= 0.6 is 35.0 Å². The van der Waals surface area contributed by atoms with Crippen LogP contribution in [0.15, 0.2) is 52.5 Å². The zero-order valence-corrected chi connectivity index (χ0v) is 14.5. The summed E-state index contributed by atoms with van der Waals surface area (Å²) in [5.74, 6) is -0.386. The lowest BCUT2D eigenvalue weighted by atomic mass is 10.2. The number of amides is 1. The SMILES string of the molecule is C[C@H](Sc1ccccc1)C(=O)N/N=C\c1cc(Cl)cc(Cl)c1O. The van der Waals surface area contributed by atoms with E-state index in [0.717, 1.165) is 4.90 Å². The Hall–Kier alpha value is -1.69. The summed E-state index contributed by atoms with van der Waals surface area (Å²) in [6, 6.07) is 12.5. The van der Waals surface area contributed by atoms with Crippen LogP contribution in [0.3, 0.4) is 0 Å². The maximum absolute atomic E-state index is 12.0.